The monoisotopic (exact) mass is 204 g/mol. The molecule has 0 heterocycles. The van der Waals surface area contributed by atoms with Gasteiger partial charge < -0.3 is 5.73 Å². The van der Waals surface area contributed by atoms with Crippen LogP contribution in [0.25, 0.3) is 0 Å². The number of nitrogens with one attached hydrogen (secondary N) is 1. The molecule has 2 heteroatoms. The molecule has 1 aromatic carbocycles. The van der Waals surface area contributed by atoms with E-state index in [-0.39, 0.29) is 5.84 Å². The predicted octanol–water partition coefficient (Wildman–Crippen LogP) is 2.88. The van der Waals surface area contributed by atoms with E-state index in [2.05, 4.69) is 19.9 Å². The summed E-state index contributed by atoms with van der Waals surface area (Å²) in [5.41, 5.74) is 9.14. The van der Waals surface area contributed by atoms with Gasteiger partial charge in [-0.1, -0.05) is 44.9 Å². The molecular formula is C13H20N2. The Morgan fingerprint density at radius 3 is 2.40 bits per heavy atom. The van der Waals surface area contributed by atoms with Crippen LogP contribution in [0.5, 0.6) is 0 Å². The molecule has 3 N–H and O–H groups in total. The highest BCUT2D eigenvalue weighted by atomic mass is 14.7. The molecule has 2 nitrogen and oxygen atoms in total. The Morgan fingerprint density at radius 2 is 1.87 bits per heavy atom. The minimum absolute atomic E-state index is 0.191. The third-order valence-corrected chi connectivity index (χ3v) is 2.58. The van der Waals surface area contributed by atoms with Crippen LogP contribution in [-0.2, 0) is 12.8 Å². The number of rotatable bonds is 5. The van der Waals surface area contributed by atoms with Gasteiger partial charge >= 0.3 is 0 Å². The third-order valence-electron chi connectivity index (χ3n) is 2.58. The maximum atomic E-state index is 7.56. The van der Waals surface area contributed by atoms with E-state index in [9.17, 15) is 0 Å². The van der Waals surface area contributed by atoms with Crippen molar-refractivity contribution in [3.63, 3.8) is 0 Å². The molecule has 0 radical (unpaired) electrons. The van der Waals surface area contributed by atoms with Gasteiger partial charge in [-0.15, -0.1) is 0 Å². The number of nitrogens with two attached hydrogens (primary N) is 1. The van der Waals surface area contributed by atoms with E-state index < -0.39 is 0 Å². The molecule has 0 aliphatic heterocycles. The van der Waals surface area contributed by atoms with Crippen molar-refractivity contribution in [3.8, 4) is 0 Å². The molecule has 1 aromatic rings. The Bertz CT molecular complexity index is 342. The molecule has 0 unspecified atom stereocenters. The van der Waals surface area contributed by atoms with Crippen LogP contribution in [0.2, 0.25) is 0 Å². The summed E-state index contributed by atoms with van der Waals surface area (Å²) in [7, 11) is 0. The van der Waals surface area contributed by atoms with Crippen LogP contribution in [0.1, 0.15) is 43.4 Å². The number of nitrogen functional groups attached to an aromatic ring is 1. The van der Waals surface area contributed by atoms with Crippen LogP contribution in [0.15, 0.2) is 18.2 Å². The first-order chi connectivity index (χ1) is 7.20. The van der Waals surface area contributed by atoms with Crippen LogP contribution in [0, 0.1) is 5.41 Å². The van der Waals surface area contributed by atoms with Crippen molar-refractivity contribution in [3.05, 3.63) is 34.9 Å². The lowest BCUT2D eigenvalue weighted by Gasteiger charge is -2.12. The van der Waals surface area contributed by atoms with Gasteiger partial charge in [0.15, 0.2) is 0 Å². The van der Waals surface area contributed by atoms with Crippen molar-refractivity contribution in [2.24, 2.45) is 5.73 Å². The normalized spacial score (nSPS) is 10.3. The smallest absolute Gasteiger partial charge is 0.123 e. The summed E-state index contributed by atoms with van der Waals surface area (Å²) in [5, 5.41) is 7.56. The predicted molar refractivity (Wildman–Crippen MR) is 65.4 cm³/mol. The van der Waals surface area contributed by atoms with Gasteiger partial charge in [0.1, 0.15) is 5.84 Å². The Labute approximate surface area is 92.0 Å². The SMILES string of the molecule is CCCc1cccc(C(=N)N)c1CCC. The highest BCUT2D eigenvalue weighted by molar-refractivity contribution is 5.96. The standard InChI is InChI=1S/C13H20N2/c1-3-6-10-8-5-9-12(13(14)15)11(10)7-4-2/h5,8-9H,3-4,6-7H2,1-2H3,(H3,14,15). The first kappa shape index (κ1) is 11.8. The lowest BCUT2D eigenvalue weighted by atomic mass is 9.94. The zero-order chi connectivity index (χ0) is 11.3. The van der Waals surface area contributed by atoms with E-state index in [1.54, 1.807) is 0 Å². The first-order valence-corrected chi connectivity index (χ1v) is 5.65. The molecule has 0 bridgehead atoms. The van der Waals surface area contributed by atoms with Gasteiger partial charge in [-0.05, 0) is 24.0 Å². The number of amidine groups is 1. The average molecular weight is 204 g/mol. The highest BCUT2D eigenvalue weighted by Crippen LogP contribution is 2.18. The fourth-order valence-corrected chi connectivity index (χ4v) is 1.94. The number of benzene rings is 1. The average Bonchev–Trinajstić information content (AvgIpc) is 2.21. The van der Waals surface area contributed by atoms with E-state index in [1.807, 2.05) is 12.1 Å². The van der Waals surface area contributed by atoms with Crippen LogP contribution in [-0.4, -0.2) is 5.84 Å². The molecule has 0 fully saturated rings. The molecule has 0 aliphatic rings. The van der Waals surface area contributed by atoms with Crippen molar-refractivity contribution in [2.75, 3.05) is 0 Å². The molecule has 0 saturated carbocycles. The quantitative estimate of drug-likeness (QED) is 0.562. The summed E-state index contributed by atoms with van der Waals surface area (Å²) >= 11 is 0. The van der Waals surface area contributed by atoms with Gasteiger partial charge in [0.25, 0.3) is 0 Å². The van der Waals surface area contributed by atoms with Crippen molar-refractivity contribution < 1.29 is 0 Å². The van der Waals surface area contributed by atoms with Crippen LogP contribution in [0.4, 0.5) is 0 Å². The second kappa shape index (κ2) is 5.54. The molecule has 0 amide bonds. The van der Waals surface area contributed by atoms with Gasteiger partial charge in [0.2, 0.25) is 0 Å². The fraction of sp³-hybridized carbons (Fsp3) is 0.462. The van der Waals surface area contributed by atoms with Crippen molar-refractivity contribution >= 4 is 5.84 Å². The summed E-state index contributed by atoms with van der Waals surface area (Å²) in [6.07, 6.45) is 4.33. The summed E-state index contributed by atoms with van der Waals surface area (Å²) in [4.78, 5) is 0. The molecule has 0 saturated heterocycles. The maximum Gasteiger partial charge on any atom is 0.123 e. The summed E-state index contributed by atoms with van der Waals surface area (Å²) in [5.74, 6) is 0.191. The Balaban J connectivity index is 3.15. The highest BCUT2D eigenvalue weighted by Gasteiger charge is 2.08. The van der Waals surface area contributed by atoms with Crippen molar-refractivity contribution in [1.82, 2.24) is 0 Å². The summed E-state index contributed by atoms with van der Waals surface area (Å²) in [6.45, 7) is 4.34. The number of hydrogen-bond acceptors (Lipinski definition) is 1. The lowest BCUT2D eigenvalue weighted by molar-refractivity contribution is 0.859. The van der Waals surface area contributed by atoms with Gasteiger partial charge in [-0.2, -0.15) is 0 Å². The molecule has 0 spiro atoms. The summed E-state index contributed by atoms with van der Waals surface area (Å²) in [6, 6.07) is 6.11. The summed E-state index contributed by atoms with van der Waals surface area (Å²) < 4.78 is 0. The zero-order valence-corrected chi connectivity index (χ0v) is 9.64. The zero-order valence-electron chi connectivity index (χ0n) is 9.64. The molecule has 0 aromatic heterocycles. The second-order valence-electron chi connectivity index (χ2n) is 3.86. The Kier molecular flexibility index (Phi) is 4.35. The number of hydrogen-bond donors (Lipinski definition) is 2. The minimum atomic E-state index is 0.191. The Hall–Kier alpha value is -1.31. The van der Waals surface area contributed by atoms with Crippen molar-refractivity contribution in [1.29, 1.82) is 5.41 Å². The molecule has 15 heavy (non-hydrogen) atoms. The number of aryl methyl sites for hydroxylation is 1. The molecule has 0 atom stereocenters. The Morgan fingerprint density at radius 1 is 1.20 bits per heavy atom. The molecule has 82 valence electrons. The van der Waals surface area contributed by atoms with E-state index >= 15 is 0 Å². The van der Waals surface area contributed by atoms with Crippen LogP contribution < -0.4 is 5.73 Å². The van der Waals surface area contributed by atoms with E-state index in [0.717, 1.165) is 31.2 Å². The molecule has 1 rings (SSSR count). The van der Waals surface area contributed by atoms with Gasteiger partial charge in [-0.3, -0.25) is 5.41 Å². The molecule has 0 aliphatic carbocycles. The maximum absolute atomic E-state index is 7.56. The fourth-order valence-electron chi connectivity index (χ4n) is 1.94. The molecular weight excluding hydrogens is 184 g/mol. The third kappa shape index (κ3) is 2.82. The first-order valence-electron chi connectivity index (χ1n) is 5.65. The second-order valence-corrected chi connectivity index (χ2v) is 3.86. The van der Waals surface area contributed by atoms with Gasteiger partial charge in [-0.25, -0.2) is 0 Å². The van der Waals surface area contributed by atoms with Gasteiger partial charge in [0.05, 0.1) is 0 Å². The lowest BCUT2D eigenvalue weighted by Crippen LogP contribution is -2.15. The van der Waals surface area contributed by atoms with Crippen molar-refractivity contribution in [2.45, 2.75) is 39.5 Å². The van der Waals surface area contributed by atoms with E-state index in [1.165, 1.54) is 11.1 Å². The van der Waals surface area contributed by atoms with Crippen LogP contribution >= 0.6 is 0 Å². The van der Waals surface area contributed by atoms with E-state index in [4.69, 9.17) is 11.1 Å². The van der Waals surface area contributed by atoms with Crippen LogP contribution in [0.3, 0.4) is 0 Å². The van der Waals surface area contributed by atoms with Gasteiger partial charge in [0, 0.05) is 5.56 Å². The largest absolute Gasteiger partial charge is 0.384 e. The minimum Gasteiger partial charge on any atom is -0.384 e. The van der Waals surface area contributed by atoms with E-state index in [0.29, 0.717) is 0 Å². The topological polar surface area (TPSA) is 49.9 Å².